The highest BCUT2D eigenvalue weighted by Crippen LogP contribution is 2.30. The molecule has 6 heteroatoms. The number of ether oxygens (including phenoxy) is 1. The number of hydrogen-bond donors (Lipinski definition) is 2. The fraction of sp³-hybridized carbons (Fsp3) is 0.444. The molecule has 2 fully saturated rings. The van der Waals surface area contributed by atoms with Crippen LogP contribution < -0.4 is 15.4 Å². The number of carbonyl (C=O) groups excluding carboxylic acids is 2. The Hall–Kier alpha value is -2.34. The minimum Gasteiger partial charge on any atom is -0.493 e. The fourth-order valence-corrected chi connectivity index (χ4v) is 3.32. The van der Waals surface area contributed by atoms with Crippen LogP contribution in [0.5, 0.6) is 5.75 Å². The lowest BCUT2D eigenvalue weighted by molar-refractivity contribution is -0.135. The summed E-state index contributed by atoms with van der Waals surface area (Å²) in [6.07, 6.45) is 5.88. The van der Waals surface area contributed by atoms with Crippen molar-refractivity contribution in [3.63, 3.8) is 0 Å². The highest BCUT2D eigenvalue weighted by atomic mass is 16.5. The van der Waals surface area contributed by atoms with Crippen LogP contribution in [0, 0.1) is 5.92 Å². The Morgan fingerprint density at radius 2 is 2.08 bits per heavy atom. The fourth-order valence-electron chi connectivity index (χ4n) is 3.32. The predicted octanol–water partition coefficient (Wildman–Crippen LogP) is 1.61. The van der Waals surface area contributed by atoms with E-state index in [2.05, 4.69) is 10.6 Å². The SMILES string of the molecule is O=C1CCC(n2cc3cccc(OCCC4CNC4)c3c2)C(=O)N1. The Bertz CT molecular complexity index is 779. The molecule has 1 unspecified atom stereocenters. The summed E-state index contributed by atoms with van der Waals surface area (Å²) in [5, 5.41) is 7.73. The molecule has 2 N–H and O–H groups in total. The summed E-state index contributed by atoms with van der Waals surface area (Å²) in [5.41, 5.74) is 0. The molecule has 4 rings (SSSR count). The third-order valence-corrected chi connectivity index (χ3v) is 4.89. The highest BCUT2D eigenvalue weighted by Gasteiger charge is 2.28. The number of rotatable bonds is 5. The molecule has 2 aromatic rings. The van der Waals surface area contributed by atoms with Crippen molar-refractivity contribution >= 4 is 22.6 Å². The lowest BCUT2D eigenvalue weighted by atomic mass is 10.0. The van der Waals surface area contributed by atoms with Gasteiger partial charge in [0.1, 0.15) is 11.8 Å². The Kier molecular flexibility index (Phi) is 3.98. The van der Waals surface area contributed by atoms with Gasteiger partial charge < -0.3 is 14.6 Å². The van der Waals surface area contributed by atoms with Crippen LogP contribution in [-0.4, -0.2) is 36.1 Å². The Morgan fingerprint density at radius 1 is 1.21 bits per heavy atom. The molecular weight excluding hydrogens is 306 g/mol. The van der Waals surface area contributed by atoms with Crippen LogP contribution in [0.2, 0.25) is 0 Å². The van der Waals surface area contributed by atoms with Crippen molar-refractivity contribution in [2.45, 2.75) is 25.3 Å². The average Bonchev–Trinajstić information content (AvgIpc) is 2.94. The largest absolute Gasteiger partial charge is 0.493 e. The second kappa shape index (κ2) is 6.28. The van der Waals surface area contributed by atoms with Crippen LogP contribution >= 0.6 is 0 Å². The van der Waals surface area contributed by atoms with E-state index in [1.807, 2.05) is 35.2 Å². The number of fused-ring (bicyclic) bond motifs is 1. The van der Waals surface area contributed by atoms with Crippen molar-refractivity contribution in [1.29, 1.82) is 0 Å². The normalized spacial score (nSPS) is 21.6. The lowest BCUT2D eigenvalue weighted by Crippen LogP contribution is -2.42. The predicted molar refractivity (Wildman–Crippen MR) is 89.8 cm³/mol. The van der Waals surface area contributed by atoms with Crippen molar-refractivity contribution in [3.05, 3.63) is 30.6 Å². The lowest BCUT2D eigenvalue weighted by Gasteiger charge is -2.26. The van der Waals surface area contributed by atoms with Gasteiger partial charge in [0.05, 0.1) is 6.61 Å². The van der Waals surface area contributed by atoms with Gasteiger partial charge in [0.25, 0.3) is 0 Å². The summed E-state index contributed by atoms with van der Waals surface area (Å²) in [7, 11) is 0. The summed E-state index contributed by atoms with van der Waals surface area (Å²) in [6, 6.07) is 5.62. The van der Waals surface area contributed by atoms with Crippen LogP contribution in [0.4, 0.5) is 0 Å². The van der Waals surface area contributed by atoms with Crippen LogP contribution in [0.1, 0.15) is 25.3 Å². The average molecular weight is 327 g/mol. The van der Waals surface area contributed by atoms with Crippen LogP contribution in [0.3, 0.4) is 0 Å². The third kappa shape index (κ3) is 2.89. The molecule has 1 aromatic heterocycles. The summed E-state index contributed by atoms with van der Waals surface area (Å²) < 4.78 is 7.87. The zero-order valence-electron chi connectivity index (χ0n) is 13.5. The van der Waals surface area contributed by atoms with Crippen LogP contribution in [0.25, 0.3) is 10.8 Å². The van der Waals surface area contributed by atoms with Gasteiger partial charge >= 0.3 is 0 Å². The second-order valence-electron chi connectivity index (χ2n) is 6.59. The Morgan fingerprint density at radius 3 is 2.83 bits per heavy atom. The van der Waals surface area contributed by atoms with E-state index in [1.54, 1.807) is 0 Å². The molecule has 24 heavy (non-hydrogen) atoms. The molecule has 1 aromatic carbocycles. The van der Waals surface area contributed by atoms with Crippen molar-refractivity contribution in [2.24, 2.45) is 5.92 Å². The van der Waals surface area contributed by atoms with Gasteiger partial charge in [-0.05, 0) is 37.9 Å². The zero-order chi connectivity index (χ0) is 16.5. The molecule has 0 aliphatic carbocycles. The van der Waals surface area contributed by atoms with Gasteiger partial charge in [-0.1, -0.05) is 12.1 Å². The Balaban J connectivity index is 1.52. The number of aromatic nitrogens is 1. The summed E-state index contributed by atoms with van der Waals surface area (Å²) in [5.74, 6) is 1.15. The minimum absolute atomic E-state index is 0.192. The molecular formula is C18H21N3O3. The van der Waals surface area contributed by atoms with Crippen molar-refractivity contribution in [2.75, 3.05) is 19.7 Å². The number of piperidine rings is 1. The van der Waals surface area contributed by atoms with Gasteiger partial charge in [-0.25, -0.2) is 0 Å². The van der Waals surface area contributed by atoms with E-state index < -0.39 is 0 Å². The number of carbonyl (C=O) groups is 2. The number of nitrogens with zero attached hydrogens (tertiary/aromatic N) is 1. The topological polar surface area (TPSA) is 72.4 Å². The molecule has 2 saturated heterocycles. The van der Waals surface area contributed by atoms with Gasteiger partial charge in [0, 0.05) is 29.6 Å². The van der Waals surface area contributed by atoms with Crippen molar-refractivity contribution in [1.82, 2.24) is 15.2 Å². The quantitative estimate of drug-likeness (QED) is 0.819. The molecule has 0 bridgehead atoms. The number of imide groups is 1. The number of benzene rings is 1. The van der Waals surface area contributed by atoms with Gasteiger partial charge in [0.2, 0.25) is 11.8 Å². The zero-order valence-corrected chi connectivity index (χ0v) is 13.5. The van der Waals surface area contributed by atoms with E-state index in [1.165, 1.54) is 0 Å². The van der Waals surface area contributed by atoms with Gasteiger partial charge in [-0.15, -0.1) is 0 Å². The first kappa shape index (κ1) is 15.2. The highest BCUT2D eigenvalue weighted by molar-refractivity contribution is 6.00. The van der Waals surface area contributed by atoms with Gasteiger partial charge in [0.15, 0.2) is 0 Å². The van der Waals surface area contributed by atoms with E-state index in [0.29, 0.717) is 19.4 Å². The van der Waals surface area contributed by atoms with E-state index in [0.717, 1.165) is 42.0 Å². The first-order chi connectivity index (χ1) is 11.7. The molecule has 0 spiro atoms. The maximum absolute atomic E-state index is 12.1. The van der Waals surface area contributed by atoms with Gasteiger partial charge in [-0.2, -0.15) is 0 Å². The standard InChI is InChI=1S/C18H21N3O3/c22-17-5-4-15(18(23)20-17)21-10-13-2-1-3-16(14(13)11-21)24-7-6-12-8-19-9-12/h1-3,10-12,15,19H,4-9H2,(H,20,22,23). The second-order valence-corrected chi connectivity index (χ2v) is 6.59. The summed E-state index contributed by atoms with van der Waals surface area (Å²) >= 11 is 0. The molecule has 0 radical (unpaired) electrons. The van der Waals surface area contributed by atoms with E-state index >= 15 is 0 Å². The van der Waals surface area contributed by atoms with E-state index in [-0.39, 0.29) is 17.9 Å². The van der Waals surface area contributed by atoms with Crippen LogP contribution in [-0.2, 0) is 9.59 Å². The van der Waals surface area contributed by atoms with Crippen molar-refractivity contribution in [3.8, 4) is 5.75 Å². The minimum atomic E-state index is -0.330. The first-order valence-electron chi connectivity index (χ1n) is 8.48. The monoisotopic (exact) mass is 327 g/mol. The molecule has 0 saturated carbocycles. The molecule has 2 aliphatic rings. The molecule has 1 atom stereocenters. The van der Waals surface area contributed by atoms with E-state index in [9.17, 15) is 9.59 Å². The third-order valence-electron chi connectivity index (χ3n) is 4.89. The number of hydrogen-bond acceptors (Lipinski definition) is 4. The smallest absolute Gasteiger partial charge is 0.249 e. The number of amides is 2. The molecule has 2 amide bonds. The molecule has 126 valence electrons. The van der Waals surface area contributed by atoms with Crippen LogP contribution in [0.15, 0.2) is 30.6 Å². The summed E-state index contributed by atoms with van der Waals surface area (Å²) in [4.78, 5) is 23.4. The van der Waals surface area contributed by atoms with E-state index in [4.69, 9.17) is 4.74 Å². The van der Waals surface area contributed by atoms with Gasteiger partial charge in [-0.3, -0.25) is 14.9 Å². The molecule has 2 aliphatic heterocycles. The maximum atomic E-state index is 12.1. The summed E-state index contributed by atoms with van der Waals surface area (Å²) in [6.45, 7) is 2.87. The molecule has 3 heterocycles. The van der Waals surface area contributed by atoms with Crippen molar-refractivity contribution < 1.29 is 14.3 Å². The first-order valence-corrected chi connectivity index (χ1v) is 8.48. The maximum Gasteiger partial charge on any atom is 0.249 e. The molecule has 6 nitrogen and oxygen atoms in total. The Labute approximate surface area is 140 Å². The number of nitrogens with one attached hydrogen (secondary N) is 2.